The molecule has 0 saturated heterocycles. The molecule has 0 aromatic carbocycles. The van der Waals surface area contributed by atoms with Crippen molar-refractivity contribution in [2.45, 2.75) is 6.42 Å². The molecule has 4 nitrogen and oxygen atoms in total. The summed E-state index contributed by atoms with van der Waals surface area (Å²) in [4.78, 5) is 17.6. The van der Waals surface area contributed by atoms with Gasteiger partial charge in [0.25, 0.3) is 0 Å². The molecule has 0 bridgehead atoms. The van der Waals surface area contributed by atoms with Gasteiger partial charge in [-0.3, -0.25) is 9.78 Å². The second-order valence-corrected chi connectivity index (χ2v) is 2.22. The molecule has 1 heterocycles. The summed E-state index contributed by atoms with van der Waals surface area (Å²) in [6.45, 7) is 0. The van der Waals surface area contributed by atoms with E-state index in [9.17, 15) is 4.79 Å². The van der Waals surface area contributed by atoms with Gasteiger partial charge in [-0.05, 0) is 0 Å². The molecule has 0 aliphatic heterocycles. The third-order valence-electron chi connectivity index (χ3n) is 1.04. The molecule has 1 aromatic heterocycles. The third kappa shape index (κ3) is 3.49. The summed E-state index contributed by atoms with van der Waals surface area (Å²) in [5.41, 5.74) is 0.293. The number of carbonyl (C=O) groups is 1. The zero-order chi connectivity index (χ0) is 8.27. The van der Waals surface area contributed by atoms with Crippen molar-refractivity contribution in [2.24, 2.45) is 0 Å². The average molecular weight is 198 g/mol. The Morgan fingerprint density at radius 1 is 1.58 bits per heavy atom. The van der Waals surface area contributed by atoms with E-state index in [0.717, 1.165) is 0 Å². The summed E-state index contributed by atoms with van der Waals surface area (Å²) >= 11 is 5.53. The maximum atomic E-state index is 10.2. The molecular formula is C6H7ClN2NaO2. The van der Waals surface area contributed by atoms with Crippen LogP contribution in [-0.2, 0) is 11.2 Å². The maximum absolute atomic E-state index is 10.2. The minimum Gasteiger partial charge on any atom is -0.481 e. The standard InChI is InChI=1S/C6H5ClN2O2.Na.H2/c7-6-4(3-5(10)11)8-1-2-9-6;;/h1-2H,3H2,(H,10,11);;1H. The molecule has 61 valence electrons. The van der Waals surface area contributed by atoms with Gasteiger partial charge in [0, 0.05) is 43.4 Å². The molecule has 1 radical (unpaired) electrons. The van der Waals surface area contributed by atoms with Crippen LogP contribution in [0.2, 0.25) is 5.15 Å². The first-order valence-electron chi connectivity index (χ1n) is 2.87. The largest absolute Gasteiger partial charge is 0.481 e. The monoisotopic (exact) mass is 197 g/mol. The third-order valence-corrected chi connectivity index (χ3v) is 1.36. The Bertz CT molecular complexity index is 287. The van der Waals surface area contributed by atoms with E-state index in [-0.39, 0.29) is 42.6 Å². The fraction of sp³-hybridized carbons (Fsp3) is 0.167. The number of rotatable bonds is 2. The Balaban J connectivity index is 0. The molecular weight excluding hydrogens is 191 g/mol. The molecule has 0 saturated carbocycles. The van der Waals surface area contributed by atoms with Crippen LogP contribution in [0.15, 0.2) is 12.4 Å². The molecule has 6 heteroatoms. The number of nitrogens with zero attached hydrogens (tertiary/aromatic N) is 2. The van der Waals surface area contributed by atoms with Crippen LogP contribution in [0.3, 0.4) is 0 Å². The Labute approximate surface area is 97.8 Å². The first-order valence-corrected chi connectivity index (χ1v) is 3.25. The zero-order valence-corrected chi connectivity index (χ0v) is 9.25. The van der Waals surface area contributed by atoms with Crippen LogP contribution in [0.25, 0.3) is 0 Å². The van der Waals surface area contributed by atoms with Gasteiger partial charge >= 0.3 is 5.97 Å². The number of aliphatic carboxylic acids is 1. The molecule has 0 spiro atoms. The molecule has 12 heavy (non-hydrogen) atoms. The molecule has 1 rings (SSSR count). The van der Waals surface area contributed by atoms with Crippen LogP contribution in [0.1, 0.15) is 7.12 Å². The van der Waals surface area contributed by atoms with Crippen molar-refractivity contribution in [3.8, 4) is 0 Å². The molecule has 0 atom stereocenters. The van der Waals surface area contributed by atoms with Crippen molar-refractivity contribution < 1.29 is 11.3 Å². The molecule has 0 unspecified atom stereocenters. The van der Waals surface area contributed by atoms with Crippen LogP contribution in [0, 0.1) is 0 Å². The number of carboxylic acid groups (broad SMARTS) is 1. The molecule has 0 aliphatic carbocycles. The van der Waals surface area contributed by atoms with Gasteiger partial charge in [-0.2, -0.15) is 0 Å². The van der Waals surface area contributed by atoms with Crippen LogP contribution in [-0.4, -0.2) is 50.6 Å². The maximum Gasteiger partial charge on any atom is 0.309 e. The Morgan fingerprint density at radius 2 is 2.17 bits per heavy atom. The van der Waals surface area contributed by atoms with E-state index in [2.05, 4.69) is 9.97 Å². The van der Waals surface area contributed by atoms with Crippen LogP contribution in [0.5, 0.6) is 0 Å². The first-order chi connectivity index (χ1) is 5.20. The Hall–Kier alpha value is -0.160. The van der Waals surface area contributed by atoms with E-state index < -0.39 is 5.97 Å². The van der Waals surface area contributed by atoms with Crippen LogP contribution >= 0.6 is 11.6 Å². The van der Waals surface area contributed by atoms with Crippen LogP contribution in [0.4, 0.5) is 0 Å². The predicted molar refractivity (Wildman–Crippen MR) is 46.2 cm³/mol. The normalized spacial score (nSPS) is 8.75. The molecule has 0 amide bonds. The van der Waals surface area contributed by atoms with Gasteiger partial charge in [0.15, 0.2) is 5.15 Å². The van der Waals surface area contributed by atoms with Crippen molar-refractivity contribution in [1.29, 1.82) is 0 Å². The van der Waals surface area contributed by atoms with Gasteiger partial charge in [0.2, 0.25) is 0 Å². The summed E-state index contributed by atoms with van der Waals surface area (Å²) in [7, 11) is 0. The predicted octanol–water partition coefficient (Wildman–Crippen LogP) is 0.622. The summed E-state index contributed by atoms with van der Waals surface area (Å²) in [6, 6.07) is 0. The van der Waals surface area contributed by atoms with Crippen molar-refractivity contribution in [3.05, 3.63) is 23.2 Å². The van der Waals surface area contributed by atoms with Gasteiger partial charge in [0.05, 0.1) is 12.1 Å². The number of halogens is 1. The van der Waals surface area contributed by atoms with E-state index in [1.807, 2.05) is 0 Å². The van der Waals surface area contributed by atoms with E-state index >= 15 is 0 Å². The number of aromatic nitrogens is 2. The topological polar surface area (TPSA) is 63.1 Å². The average Bonchev–Trinajstić information content (AvgIpc) is 1.93. The summed E-state index contributed by atoms with van der Waals surface area (Å²) < 4.78 is 0. The number of hydrogen-bond acceptors (Lipinski definition) is 3. The minimum atomic E-state index is -0.965. The van der Waals surface area contributed by atoms with Gasteiger partial charge in [-0.25, -0.2) is 4.98 Å². The minimum absolute atomic E-state index is 0. The summed E-state index contributed by atoms with van der Waals surface area (Å²) in [6.07, 6.45) is 2.63. The van der Waals surface area contributed by atoms with Crippen molar-refractivity contribution in [3.63, 3.8) is 0 Å². The Morgan fingerprint density at radius 3 is 2.67 bits per heavy atom. The quantitative estimate of drug-likeness (QED) is 0.706. The molecule has 1 aromatic rings. The molecule has 0 fully saturated rings. The van der Waals surface area contributed by atoms with Crippen molar-refractivity contribution >= 4 is 47.1 Å². The van der Waals surface area contributed by atoms with Gasteiger partial charge < -0.3 is 5.11 Å². The van der Waals surface area contributed by atoms with Gasteiger partial charge in [-0.15, -0.1) is 0 Å². The first kappa shape index (κ1) is 11.8. The second kappa shape index (κ2) is 5.48. The van der Waals surface area contributed by atoms with Gasteiger partial charge in [-0.1, -0.05) is 11.6 Å². The number of carboxylic acids is 1. The van der Waals surface area contributed by atoms with E-state index in [1.54, 1.807) is 0 Å². The Kier molecular flexibility index (Phi) is 5.41. The van der Waals surface area contributed by atoms with E-state index in [4.69, 9.17) is 16.7 Å². The SMILES string of the molecule is O=C(O)Cc1nccnc1Cl.[HH].[Na]. The van der Waals surface area contributed by atoms with Crippen molar-refractivity contribution in [1.82, 2.24) is 9.97 Å². The number of hydrogen-bond donors (Lipinski definition) is 1. The molecule has 1 N–H and O–H groups in total. The van der Waals surface area contributed by atoms with Crippen molar-refractivity contribution in [2.75, 3.05) is 0 Å². The smallest absolute Gasteiger partial charge is 0.309 e. The fourth-order valence-corrected chi connectivity index (χ4v) is 0.784. The summed E-state index contributed by atoms with van der Waals surface area (Å²) in [5.74, 6) is -0.965. The summed E-state index contributed by atoms with van der Waals surface area (Å²) in [5, 5.41) is 8.51. The fourth-order valence-electron chi connectivity index (χ4n) is 0.612. The second-order valence-electron chi connectivity index (χ2n) is 1.86. The van der Waals surface area contributed by atoms with E-state index in [1.165, 1.54) is 12.4 Å². The molecule has 0 aliphatic rings. The van der Waals surface area contributed by atoms with E-state index in [0.29, 0.717) is 5.69 Å². The van der Waals surface area contributed by atoms with Gasteiger partial charge in [0.1, 0.15) is 0 Å². The van der Waals surface area contributed by atoms with Crippen LogP contribution < -0.4 is 0 Å². The zero-order valence-electron chi connectivity index (χ0n) is 6.49.